The summed E-state index contributed by atoms with van der Waals surface area (Å²) in [6, 6.07) is 1.19. The van der Waals surface area contributed by atoms with Crippen LogP contribution in [0.1, 0.15) is 13.8 Å². The van der Waals surface area contributed by atoms with Gasteiger partial charge in [-0.3, -0.25) is 0 Å². The SMILES string of the molecule is CC1(C)OC2C(C[Si](C)(C)C)=CC=C[C@@H]2O1. The fourth-order valence-electron chi connectivity index (χ4n) is 2.37. The number of hydrogen-bond acceptors (Lipinski definition) is 2. The lowest BCUT2D eigenvalue weighted by atomic mass is 10.0. The van der Waals surface area contributed by atoms with Crippen molar-refractivity contribution < 1.29 is 9.47 Å². The molecular weight excluding hydrogens is 216 g/mol. The zero-order chi connectivity index (χ0) is 12.0. The normalized spacial score (nSPS) is 32.4. The molecule has 2 atom stereocenters. The smallest absolute Gasteiger partial charge is 0.164 e. The van der Waals surface area contributed by atoms with Gasteiger partial charge in [0, 0.05) is 8.07 Å². The summed E-state index contributed by atoms with van der Waals surface area (Å²) in [5.74, 6) is -0.442. The Bertz CT molecular complexity index is 336. The second kappa shape index (κ2) is 3.83. The van der Waals surface area contributed by atoms with Crippen LogP contribution in [0, 0.1) is 0 Å². The minimum atomic E-state index is -1.09. The van der Waals surface area contributed by atoms with Crippen molar-refractivity contribution in [3.8, 4) is 0 Å². The van der Waals surface area contributed by atoms with Gasteiger partial charge in [-0.05, 0) is 25.5 Å². The number of fused-ring (bicyclic) bond motifs is 1. The van der Waals surface area contributed by atoms with Crippen LogP contribution in [-0.2, 0) is 9.47 Å². The maximum absolute atomic E-state index is 5.99. The van der Waals surface area contributed by atoms with E-state index >= 15 is 0 Å². The molecule has 0 radical (unpaired) electrons. The molecule has 16 heavy (non-hydrogen) atoms. The summed E-state index contributed by atoms with van der Waals surface area (Å²) >= 11 is 0. The fraction of sp³-hybridized carbons (Fsp3) is 0.692. The van der Waals surface area contributed by atoms with Gasteiger partial charge in [0.15, 0.2) is 5.79 Å². The highest BCUT2D eigenvalue weighted by Crippen LogP contribution is 2.37. The molecule has 2 aliphatic rings. The molecule has 0 N–H and O–H groups in total. The van der Waals surface area contributed by atoms with E-state index in [0.717, 1.165) is 0 Å². The summed E-state index contributed by atoms with van der Waals surface area (Å²) in [5.41, 5.74) is 1.41. The van der Waals surface area contributed by atoms with Gasteiger partial charge in [-0.2, -0.15) is 0 Å². The van der Waals surface area contributed by atoms with Gasteiger partial charge in [-0.15, -0.1) is 0 Å². The first kappa shape index (κ1) is 12.1. The molecule has 0 amide bonds. The monoisotopic (exact) mass is 238 g/mol. The van der Waals surface area contributed by atoms with Crippen LogP contribution < -0.4 is 0 Å². The maximum atomic E-state index is 5.99. The van der Waals surface area contributed by atoms with Crippen LogP contribution >= 0.6 is 0 Å². The Morgan fingerprint density at radius 2 is 1.94 bits per heavy atom. The molecule has 0 aromatic carbocycles. The van der Waals surface area contributed by atoms with Crippen molar-refractivity contribution in [3.63, 3.8) is 0 Å². The number of allylic oxidation sites excluding steroid dienone is 2. The second-order valence-corrected chi connectivity index (χ2v) is 11.9. The molecule has 1 saturated heterocycles. The lowest BCUT2D eigenvalue weighted by Crippen LogP contribution is -2.30. The van der Waals surface area contributed by atoms with Crippen LogP contribution in [0.25, 0.3) is 0 Å². The molecule has 1 fully saturated rings. The Morgan fingerprint density at radius 3 is 2.56 bits per heavy atom. The van der Waals surface area contributed by atoms with E-state index in [4.69, 9.17) is 9.47 Å². The Morgan fingerprint density at radius 1 is 1.25 bits per heavy atom. The van der Waals surface area contributed by atoms with Gasteiger partial charge in [-0.1, -0.05) is 37.9 Å². The molecule has 2 rings (SSSR count). The molecule has 0 aromatic heterocycles. The average molecular weight is 238 g/mol. The van der Waals surface area contributed by atoms with E-state index in [9.17, 15) is 0 Å². The zero-order valence-electron chi connectivity index (χ0n) is 10.9. The van der Waals surface area contributed by atoms with Gasteiger partial charge < -0.3 is 9.47 Å². The first-order valence-electron chi connectivity index (χ1n) is 6.00. The van der Waals surface area contributed by atoms with E-state index in [1.54, 1.807) is 0 Å². The summed E-state index contributed by atoms with van der Waals surface area (Å²) < 4.78 is 11.9. The molecule has 3 heteroatoms. The molecule has 1 aliphatic carbocycles. The van der Waals surface area contributed by atoms with Crippen LogP contribution in [0.15, 0.2) is 23.8 Å². The predicted molar refractivity (Wildman–Crippen MR) is 69.2 cm³/mol. The Kier molecular flexibility index (Phi) is 2.89. The van der Waals surface area contributed by atoms with Gasteiger partial charge in [0.1, 0.15) is 12.2 Å². The molecule has 1 aliphatic heterocycles. The molecule has 0 saturated carbocycles. The summed E-state index contributed by atoms with van der Waals surface area (Å²) in [6.45, 7) is 11.2. The lowest BCUT2D eigenvalue weighted by molar-refractivity contribution is -0.139. The summed E-state index contributed by atoms with van der Waals surface area (Å²) in [4.78, 5) is 0. The standard InChI is InChI=1S/C13H22O2Si/c1-13(2)14-11-8-6-7-10(12(11)15-13)9-16(3,4)5/h6-8,11-12H,9H2,1-5H3/t11-,12?/m0/s1. The minimum absolute atomic E-state index is 0.117. The van der Waals surface area contributed by atoms with Crippen molar-refractivity contribution in [3.05, 3.63) is 23.8 Å². The van der Waals surface area contributed by atoms with E-state index in [-0.39, 0.29) is 12.2 Å². The highest BCUT2D eigenvalue weighted by molar-refractivity contribution is 6.76. The van der Waals surface area contributed by atoms with Gasteiger partial charge in [0.25, 0.3) is 0 Å². The van der Waals surface area contributed by atoms with Crippen LogP contribution in [0.5, 0.6) is 0 Å². The highest BCUT2D eigenvalue weighted by Gasteiger charge is 2.43. The quantitative estimate of drug-likeness (QED) is 0.687. The second-order valence-electron chi connectivity index (χ2n) is 6.38. The van der Waals surface area contributed by atoms with Crippen molar-refractivity contribution in [2.75, 3.05) is 0 Å². The largest absolute Gasteiger partial charge is 0.340 e. The van der Waals surface area contributed by atoms with Gasteiger partial charge in [-0.25, -0.2) is 0 Å². The summed E-state index contributed by atoms with van der Waals surface area (Å²) in [6.07, 6.45) is 6.69. The molecule has 0 bridgehead atoms. The third kappa shape index (κ3) is 2.65. The molecular formula is C13H22O2Si. The van der Waals surface area contributed by atoms with Gasteiger partial charge in [0.2, 0.25) is 0 Å². The molecule has 90 valence electrons. The molecule has 2 nitrogen and oxygen atoms in total. The summed E-state index contributed by atoms with van der Waals surface area (Å²) in [5, 5.41) is 0. The van der Waals surface area contributed by atoms with Crippen LogP contribution in [0.3, 0.4) is 0 Å². The zero-order valence-corrected chi connectivity index (χ0v) is 11.9. The minimum Gasteiger partial charge on any atom is -0.340 e. The van der Waals surface area contributed by atoms with Gasteiger partial charge in [0.05, 0.1) is 0 Å². The van der Waals surface area contributed by atoms with Crippen LogP contribution in [0.2, 0.25) is 25.7 Å². The Balaban J connectivity index is 2.15. The third-order valence-corrected chi connectivity index (χ3v) is 4.31. The van der Waals surface area contributed by atoms with E-state index < -0.39 is 13.9 Å². The van der Waals surface area contributed by atoms with E-state index in [1.165, 1.54) is 11.6 Å². The average Bonchev–Trinajstić information content (AvgIpc) is 2.37. The van der Waals surface area contributed by atoms with Crippen molar-refractivity contribution in [2.24, 2.45) is 0 Å². The van der Waals surface area contributed by atoms with Crippen molar-refractivity contribution in [1.82, 2.24) is 0 Å². The first-order valence-corrected chi connectivity index (χ1v) is 9.70. The topological polar surface area (TPSA) is 18.5 Å². The van der Waals surface area contributed by atoms with Crippen molar-refractivity contribution in [2.45, 2.75) is 57.5 Å². The first-order chi connectivity index (χ1) is 7.27. The maximum Gasteiger partial charge on any atom is 0.164 e. The summed E-state index contributed by atoms with van der Waals surface area (Å²) in [7, 11) is -1.09. The number of hydrogen-bond donors (Lipinski definition) is 0. The molecule has 0 spiro atoms. The van der Waals surface area contributed by atoms with E-state index in [0.29, 0.717) is 0 Å². The third-order valence-electron chi connectivity index (χ3n) is 2.84. The lowest BCUT2D eigenvalue weighted by Gasteiger charge is -2.26. The van der Waals surface area contributed by atoms with Gasteiger partial charge >= 0.3 is 0 Å². The number of ether oxygens (including phenoxy) is 2. The van der Waals surface area contributed by atoms with E-state index in [2.05, 4.69) is 37.9 Å². The molecule has 1 heterocycles. The fourth-order valence-corrected chi connectivity index (χ4v) is 3.92. The Hall–Kier alpha value is -0.383. The van der Waals surface area contributed by atoms with Crippen LogP contribution in [0.4, 0.5) is 0 Å². The van der Waals surface area contributed by atoms with Crippen molar-refractivity contribution in [1.29, 1.82) is 0 Å². The predicted octanol–water partition coefficient (Wildman–Crippen LogP) is 3.34. The van der Waals surface area contributed by atoms with Crippen LogP contribution in [-0.4, -0.2) is 26.1 Å². The number of rotatable bonds is 2. The highest BCUT2D eigenvalue weighted by atomic mass is 28.3. The van der Waals surface area contributed by atoms with Crippen molar-refractivity contribution >= 4 is 8.07 Å². The molecule has 1 unspecified atom stereocenters. The molecule has 0 aromatic rings. The Labute approximate surface area is 99.3 Å². The van der Waals surface area contributed by atoms with E-state index in [1.807, 2.05) is 13.8 Å².